The molecule has 1 atom stereocenters. The lowest BCUT2D eigenvalue weighted by molar-refractivity contribution is -0.142. The van der Waals surface area contributed by atoms with Gasteiger partial charge in [0.2, 0.25) is 0 Å². The summed E-state index contributed by atoms with van der Waals surface area (Å²) in [6.45, 7) is 9.50. The Morgan fingerprint density at radius 2 is 1.90 bits per heavy atom. The molecule has 1 aromatic rings. The van der Waals surface area contributed by atoms with Gasteiger partial charge in [0.25, 0.3) is 0 Å². The SMILES string of the molecule is CCN(CC)CCCC(C)OC(=O)C=Cc1ccccc1. The van der Waals surface area contributed by atoms with Crippen LogP contribution in [0.1, 0.15) is 39.2 Å². The van der Waals surface area contributed by atoms with E-state index in [-0.39, 0.29) is 12.1 Å². The third-order valence-corrected chi connectivity index (χ3v) is 3.51. The molecule has 0 saturated carbocycles. The van der Waals surface area contributed by atoms with Crippen molar-refractivity contribution in [3.8, 4) is 0 Å². The summed E-state index contributed by atoms with van der Waals surface area (Å²) >= 11 is 0. The Hall–Kier alpha value is -1.61. The van der Waals surface area contributed by atoms with E-state index in [1.54, 1.807) is 6.08 Å². The third-order valence-electron chi connectivity index (χ3n) is 3.51. The molecule has 3 heteroatoms. The molecule has 0 radical (unpaired) electrons. The van der Waals surface area contributed by atoms with Gasteiger partial charge in [0, 0.05) is 6.08 Å². The molecule has 0 spiro atoms. The van der Waals surface area contributed by atoms with Crippen molar-refractivity contribution in [2.24, 2.45) is 0 Å². The van der Waals surface area contributed by atoms with Gasteiger partial charge in [-0.3, -0.25) is 0 Å². The highest BCUT2D eigenvalue weighted by Crippen LogP contribution is 2.06. The molecule has 1 aromatic carbocycles. The van der Waals surface area contributed by atoms with Crippen molar-refractivity contribution in [3.63, 3.8) is 0 Å². The smallest absolute Gasteiger partial charge is 0.331 e. The van der Waals surface area contributed by atoms with Crippen LogP contribution in [-0.2, 0) is 9.53 Å². The van der Waals surface area contributed by atoms with E-state index in [4.69, 9.17) is 4.74 Å². The van der Waals surface area contributed by atoms with E-state index >= 15 is 0 Å². The predicted molar refractivity (Wildman–Crippen MR) is 88.1 cm³/mol. The van der Waals surface area contributed by atoms with Crippen LogP contribution in [0.5, 0.6) is 0 Å². The van der Waals surface area contributed by atoms with Crippen molar-refractivity contribution in [1.82, 2.24) is 4.90 Å². The summed E-state index contributed by atoms with van der Waals surface area (Å²) in [6.07, 6.45) is 5.20. The summed E-state index contributed by atoms with van der Waals surface area (Å²) in [7, 11) is 0. The summed E-state index contributed by atoms with van der Waals surface area (Å²) in [6, 6.07) is 9.75. The maximum atomic E-state index is 11.7. The Kier molecular flexibility index (Phi) is 8.44. The van der Waals surface area contributed by atoms with Crippen LogP contribution < -0.4 is 0 Å². The second kappa shape index (κ2) is 10.2. The highest BCUT2D eigenvalue weighted by atomic mass is 16.5. The summed E-state index contributed by atoms with van der Waals surface area (Å²) in [4.78, 5) is 14.1. The Morgan fingerprint density at radius 1 is 1.24 bits per heavy atom. The zero-order chi connectivity index (χ0) is 15.5. The summed E-state index contributed by atoms with van der Waals surface area (Å²) in [5.41, 5.74) is 1.00. The molecule has 3 nitrogen and oxygen atoms in total. The van der Waals surface area contributed by atoms with Crippen LogP contribution in [0.3, 0.4) is 0 Å². The second-order valence-electron chi connectivity index (χ2n) is 5.16. The predicted octanol–water partition coefficient (Wildman–Crippen LogP) is 3.75. The fraction of sp³-hybridized carbons (Fsp3) is 0.500. The first-order valence-electron chi connectivity index (χ1n) is 7.81. The standard InChI is InChI=1S/C18H27NO2/c1-4-19(5-2)15-9-10-16(3)21-18(20)14-13-17-11-7-6-8-12-17/h6-8,11-14,16H,4-5,9-10,15H2,1-3H3. The Bertz CT molecular complexity index is 424. The van der Waals surface area contributed by atoms with Crippen LogP contribution in [0.2, 0.25) is 0 Å². The first-order chi connectivity index (χ1) is 10.2. The molecule has 0 saturated heterocycles. The number of hydrogen-bond donors (Lipinski definition) is 0. The molecular formula is C18H27NO2. The van der Waals surface area contributed by atoms with E-state index in [1.807, 2.05) is 37.3 Å². The van der Waals surface area contributed by atoms with Gasteiger partial charge < -0.3 is 9.64 Å². The number of hydrogen-bond acceptors (Lipinski definition) is 3. The van der Waals surface area contributed by atoms with E-state index in [0.717, 1.165) is 38.0 Å². The molecule has 0 aliphatic carbocycles. The Labute approximate surface area is 128 Å². The molecule has 0 N–H and O–H groups in total. The molecule has 1 rings (SSSR count). The van der Waals surface area contributed by atoms with E-state index in [1.165, 1.54) is 6.08 Å². The molecule has 0 aliphatic heterocycles. The van der Waals surface area contributed by atoms with Gasteiger partial charge in [-0.25, -0.2) is 4.79 Å². The number of carbonyl (C=O) groups is 1. The Balaban J connectivity index is 2.26. The first-order valence-corrected chi connectivity index (χ1v) is 7.81. The van der Waals surface area contributed by atoms with Crippen molar-refractivity contribution >= 4 is 12.0 Å². The minimum absolute atomic E-state index is 0.0338. The highest BCUT2D eigenvalue weighted by Gasteiger charge is 2.07. The van der Waals surface area contributed by atoms with Crippen molar-refractivity contribution in [2.45, 2.75) is 39.7 Å². The number of rotatable bonds is 9. The molecule has 1 unspecified atom stereocenters. The lowest BCUT2D eigenvalue weighted by atomic mass is 10.2. The van der Waals surface area contributed by atoms with Gasteiger partial charge >= 0.3 is 5.97 Å². The van der Waals surface area contributed by atoms with Crippen molar-refractivity contribution < 1.29 is 9.53 Å². The molecule has 0 heterocycles. The van der Waals surface area contributed by atoms with Crippen molar-refractivity contribution in [2.75, 3.05) is 19.6 Å². The topological polar surface area (TPSA) is 29.5 Å². The van der Waals surface area contributed by atoms with Gasteiger partial charge in [-0.2, -0.15) is 0 Å². The van der Waals surface area contributed by atoms with Crippen LogP contribution in [0, 0.1) is 0 Å². The van der Waals surface area contributed by atoms with E-state index in [9.17, 15) is 4.79 Å². The van der Waals surface area contributed by atoms with Gasteiger partial charge in [0.15, 0.2) is 0 Å². The maximum absolute atomic E-state index is 11.7. The quantitative estimate of drug-likeness (QED) is 0.512. The number of carbonyl (C=O) groups excluding carboxylic acids is 1. The molecule has 0 bridgehead atoms. The van der Waals surface area contributed by atoms with Crippen molar-refractivity contribution in [1.29, 1.82) is 0 Å². The second-order valence-corrected chi connectivity index (χ2v) is 5.16. The first kappa shape index (κ1) is 17.4. The molecule has 0 fully saturated rings. The molecule has 0 amide bonds. The normalized spacial score (nSPS) is 12.8. The average Bonchev–Trinajstić information content (AvgIpc) is 2.50. The zero-order valence-electron chi connectivity index (χ0n) is 13.4. The third kappa shape index (κ3) is 7.66. The number of benzene rings is 1. The van der Waals surface area contributed by atoms with Crippen LogP contribution in [0.15, 0.2) is 36.4 Å². The number of ether oxygens (including phenoxy) is 1. The van der Waals surface area contributed by atoms with Gasteiger partial charge in [-0.05, 0) is 51.0 Å². The van der Waals surface area contributed by atoms with Crippen LogP contribution in [0.4, 0.5) is 0 Å². The molecule has 0 aliphatic rings. The average molecular weight is 289 g/mol. The lowest BCUT2D eigenvalue weighted by Crippen LogP contribution is -2.25. The highest BCUT2D eigenvalue weighted by molar-refractivity contribution is 5.87. The molecule has 0 aromatic heterocycles. The van der Waals surface area contributed by atoms with Crippen LogP contribution in [0.25, 0.3) is 6.08 Å². The Morgan fingerprint density at radius 3 is 2.52 bits per heavy atom. The van der Waals surface area contributed by atoms with Gasteiger partial charge in [0.1, 0.15) is 0 Å². The monoisotopic (exact) mass is 289 g/mol. The van der Waals surface area contributed by atoms with E-state index in [2.05, 4.69) is 18.7 Å². The van der Waals surface area contributed by atoms with Crippen LogP contribution in [-0.4, -0.2) is 36.6 Å². The van der Waals surface area contributed by atoms with Crippen LogP contribution >= 0.6 is 0 Å². The van der Waals surface area contributed by atoms with Crippen molar-refractivity contribution in [3.05, 3.63) is 42.0 Å². The van der Waals surface area contributed by atoms with Gasteiger partial charge in [-0.15, -0.1) is 0 Å². The summed E-state index contributed by atoms with van der Waals surface area (Å²) in [5, 5.41) is 0. The number of esters is 1. The van der Waals surface area contributed by atoms with Gasteiger partial charge in [-0.1, -0.05) is 44.2 Å². The minimum atomic E-state index is -0.269. The lowest BCUT2D eigenvalue weighted by Gasteiger charge is -2.19. The van der Waals surface area contributed by atoms with Gasteiger partial charge in [0.05, 0.1) is 6.10 Å². The fourth-order valence-corrected chi connectivity index (χ4v) is 2.17. The molecule has 116 valence electrons. The summed E-state index contributed by atoms with van der Waals surface area (Å²) < 4.78 is 5.38. The number of nitrogens with zero attached hydrogens (tertiary/aromatic N) is 1. The van der Waals surface area contributed by atoms with E-state index < -0.39 is 0 Å². The largest absolute Gasteiger partial charge is 0.460 e. The fourth-order valence-electron chi connectivity index (χ4n) is 2.17. The van der Waals surface area contributed by atoms with E-state index in [0.29, 0.717) is 0 Å². The maximum Gasteiger partial charge on any atom is 0.331 e. The minimum Gasteiger partial charge on any atom is -0.460 e. The molecule has 21 heavy (non-hydrogen) atoms. The summed E-state index contributed by atoms with van der Waals surface area (Å²) in [5.74, 6) is -0.269. The molecular weight excluding hydrogens is 262 g/mol. The zero-order valence-corrected chi connectivity index (χ0v) is 13.4.